The molecule has 1 heterocycles. The summed E-state index contributed by atoms with van der Waals surface area (Å²) in [5.74, 6) is 0. The van der Waals surface area contributed by atoms with E-state index >= 15 is 0 Å². The van der Waals surface area contributed by atoms with Gasteiger partial charge in [-0.15, -0.1) is 0 Å². The normalized spacial score (nSPS) is 15.4. The van der Waals surface area contributed by atoms with Gasteiger partial charge in [0, 0.05) is 25.0 Å². The molecule has 1 atom stereocenters. The monoisotopic (exact) mass is 533 g/mol. The molecule has 0 N–H and O–H groups in total. The molecule has 2 nitrogen and oxygen atoms in total. The third-order valence-electron chi connectivity index (χ3n) is 8.84. The molecule has 2 heteroatoms. The Labute approximate surface area is 241 Å². The van der Waals surface area contributed by atoms with Crippen LogP contribution >= 0.6 is 0 Å². The van der Waals surface area contributed by atoms with Crippen molar-refractivity contribution in [1.82, 2.24) is 9.80 Å². The number of nitrogens with zero attached hydrogens (tertiary/aromatic N) is 2. The molecule has 1 aliphatic rings. The molecule has 0 aromatic carbocycles. The van der Waals surface area contributed by atoms with Crippen LogP contribution in [0.5, 0.6) is 0 Å². The van der Waals surface area contributed by atoms with Crippen molar-refractivity contribution in [2.75, 3.05) is 6.54 Å². The highest BCUT2D eigenvalue weighted by atomic mass is 15.4. The number of hydrogen-bond acceptors (Lipinski definition) is 2. The lowest BCUT2D eigenvalue weighted by molar-refractivity contribution is 0.114. The molecule has 0 amide bonds. The Bertz CT molecular complexity index is 500. The average Bonchev–Trinajstić information content (AvgIpc) is 3.32. The first-order valence-electron chi connectivity index (χ1n) is 17.9. The van der Waals surface area contributed by atoms with Crippen molar-refractivity contribution in [3.8, 4) is 0 Å². The predicted octanol–water partition coefficient (Wildman–Crippen LogP) is 12.4. The maximum atomic E-state index is 2.67. The number of unbranched alkanes of at least 4 members (excludes halogenated alkanes) is 24. The molecule has 38 heavy (non-hydrogen) atoms. The summed E-state index contributed by atoms with van der Waals surface area (Å²) in [7, 11) is 0. The van der Waals surface area contributed by atoms with Gasteiger partial charge in [-0.1, -0.05) is 168 Å². The van der Waals surface area contributed by atoms with Crippen molar-refractivity contribution >= 4 is 0 Å². The summed E-state index contributed by atoms with van der Waals surface area (Å²) < 4.78 is 0. The van der Waals surface area contributed by atoms with E-state index in [2.05, 4.69) is 49.9 Å². The fourth-order valence-corrected chi connectivity index (χ4v) is 6.24. The highest BCUT2D eigenvalue weighted by Gasteiger charge is 2.26. The first-order chi connectivity index (χ1) is 18.7. The molecular weight excluding hydrogens is 460 g/mol. The lowest BCUT2D eigenvalue weighted by Crippen LogP contribution is -2.42. The van der Waals surface area contributed by atoms with E-state index in [0.29, 0.717) is 12.2 Å². The first kappa shape index (κ1) is 35.4. The molecule has 0 saturated carbocycles. The van der Waals surface area contributed by atoms with Crippen LogP contribution in [0, 0.1) is 0 Å². The number of hydrogen-bond donors (Lipinski definition) is 0. The van der Waals surface area contributed by atoms with Crippen LogP contribution in [-0.2, 0) is 0 Å². The molecule has 1 aliphatic heterocycles. The van der Waals surface area contributed by atoms with E-state index in [4.69, 9.17) is 0 Å². The van der Waals surface area contributed by atoms with E-state index in [9.17, 15) is 0 Å². The van der Waals surface area contributed by atoms with Crippen LogP contribution in [0.2, 0.25) is 0 Å². The summed E-state index contributed by atoms with van der Waals surface area (Å²) in [4.78, 5) is 5.28. The van der Waals surface area contributed by atoms with Gasteiger partial charge in [0.15, 0.2) is 0 Å². The van der Waals surface area contributed by atoms with E-state index in [-0.39, 0.29) is 0 Å². The molecule has 1 rings (SSSR count). The molecule has 0 bridgehead atoms. The minimum absolute atomic E-state index is 0.606. The zero-order chi connectivity index (χ0) is 27.5. The zero-order valence-electron chi connectivity index (χ0n) is 27.0. The van der Waals surface area contributed by atoms with Gasteiger partial charge in [-0.05, 0) is 33.1 Å². The summed E-state index contributed by atoms with van der Waals surface area (Å²) in [5, 5.41) is 0. The largest absolute Gasteiger partial charge is 0.356 e. The Morgan fingerprint density at radius 1 is 0.447 bits per heavy atom. The molecule has 0 spiro atoms. The minimum atomic E-state index is 0.606. The minimum Gasteiger partial charge on any atom is -0.356 e. The average molecular weight is 533 g/mol. The Morgan fingerprint density at radius 3 is 1.16 bits per heavy atom. The smallest absolute Gasteiger partial charge is 0.101 e. The van der Waals surface area contributed by atoms with Crippen molar-refractivity contribution in [2.24, 2.45) is 0 Å². The highest BCUT2D eigenvalue weighted by Crippen LogP contribution is 2.25. The molecule has 0 aromatic rings. The van der Waals surface area contributed by atoms with E-state index in [1.165, 1.54) is 180 Å². The molecule has 0 saturated heterocycles. The lowest BCUT2D eigenvalue weighted by Gasteiger charge is -2.35. The van der Waals surface area contributed by atoms with Gasteiger partial charge in [0.2, 0.25) is 0 Å². The van der Waals surface area contributed by atoms with Crippen LogP contribution in [-0.4, -0.2) is 28.6 Å². The van der Waals surface area contributed by atoms with Gasteiger partial charge in [-0.25, -0.2) is 0 Å². The van der Waals surface area contributed by atoms with Gasteiger partial charge in [-0.2, -0.15) is 0 Å². The zero-order valence-corrected chi connectivity index (χ0v) is 27.0. The predicted molar refractivity (Wildman–Crippen MR) is 173 cm³/mol. The van der Waals surface area contributed by atoms with Crippen LogP contribution in [0.25, 0.3) is 0 Å². The van der Waals surface area contributed by atoms with Crippen molar-refractivity contribution in [2.45, 2.75) is 213 Å². The second-order valence-electron chi connectivity index (χ2n) is 12.8. The Morgan fingerprint density at radius 2 is 0.789 bits per heavy atom. The van der Waals surface area contributed by atoms with Crippen molar-refractivity contribution in [3.05, 3.63) is 12.4 Å². The van der Waals surface area contributed by atoms with E-state index in [1.54, 1.807) is 0 Å². The molecule has 0 aromatic heterocycles. The third kappa shape index (κ3) is 19.4. The summed E-state index contributed by atoms with van der Waals surface area (Å²) >= 11 is 0. The fraction of sp³-hybridized carbons (Fsp3) is 0.944. The van der Waals surface area contributed by atoms with E-state index in [1.807, 2.05) is 0 Å². The lowest BCUT2D eigenvalue weighted by atomic mass is 10.0. The van der Waals surface area contributed by atoms with Gasteiger partial charge in [0.05, 0.1) is 0 Å². The summed E-state index contributed by atoms with van der Waals surface area (Å²) in [6.07, 6.45) is 44.2. The van der Waals surface area contributed by atoms with Crippen LogP contribution in [0.1, 0.15) is 201 Å². The van der Waals surface area contributed by atoms with E-state index in [0.717, 1.165) is 0 Å². The van der Waals surface area contributed by atoms with Gasteiger partial charge in [0.25, 0.3) is 0 Å². The van der Waals surface area contributed by atoms with E-state index < -0.39 is 0 Å². The summed E-state index contributed by atoms with van der Waals surface area (Å²) in [6, 6.07) is 0.606. The SMILES string of the molecule is CCCCCCCCCCCCCCCCCN1C=CN(C(C)C)C1CCCCCCCCCCCCC. The van der Waals surface area contributed by atoms with Crippen molar-refractivity contribution in [1.29, 1.82) is 0 Å². The first-order valence-corrected chi connectivity index (χ1v) is 17.9. The summed E-state index contributed by atoms with van der Waals surface area (Å²) in [5.41, 5.74) is 0. The molecule has 0 aliphatic carbocycles. The quantitative estimate of drug-likeness (QED) is 0.0884. The molecule has 1 unspecified atom stereocenters. The fourth-order valence-electron chi connectivity index (χ4n) is 6.24. The molecule has 0 fully saturated rings. The Kier molecular flexibility index (Phi) is 24.7. The van der Waals surface area contributed by atoms with Crippen LogP contribution < -0.4 is 0 Å². The molecule has 226 valence electrons. The topological polar surface area (TPSA) is 6.48 Å². The summed E-state index contributed by atoms with van der Waals surface area (Å²) in [6.45, 7) is 10.6. The maximum absolute atomic E-state index is 2.67. The van der Waals surface area contributed by atoms with Crippen molar-refractivity contribution < 1.29 is 0 Å². The maximum Gasteiger partial charge on any atom is 0.101 e. The van der Waals surface area contributed by atoms with Gasteiger partial charge in [-0.3, -0.25) is 0 Å². The molecular formula is C36H72N2. The molecule has 0 radical (unpaired) electrons. The second-order valence-corrected chi connectivity index (χ2v) is 12.8. The second kappa shape index (κ2) is 26.6. The van der Waals surface area contributed by atoms with Crippen LogP contribution in [0.4, 0.5) is 0 Å². The van der Waals surface area contributed by atoms with Crippen LogP contribution in [0.15, 0.2) is 12.4 Å². The highest BCUT2D eigenvalue weighted by molar-refractivity contribution is 4.98. The van der Waals surface area contributed by atoms with Gasteiger partial charge in [0.1, 0.15) is 6.17 Å². The third-order valence-corrected chi connectivity index (χ3v) is 8.84. The van der Waals surface area contributed by atoms with Crippen LogP contribution in [0.3, 0.4) is 0 Å². The standard InChI is InChI=1S/C36H72N2/c1-5-7-9-11-13-15-17-18-19-20-22-24-26-28-30-32-37-33-34-38(35(3)4)36(37)31-29-27-25-23-21-16-14-12-10-8-6-2/h33-36H,5-32H2,1-4H3. The van der Waals surface area contributed by atoms with Gasteiger partial charge < -0.3 is 9.80 Å². The van der Waals surface area contributed by atoms with Crippen molar-refractivity contribution in [3.63, 3.8) is 0 Å². The number of rotatable bonds is 29. The van der Waals surface area contributed by atoms with Gasteiger partial charge >= 0.3 is 0 Å². The Hall–Kier alpha value is -0.660. The Balaban J connectivity index is 2.01.